The molecule has 0 radical (unpaired) electrons. The minimum absolute atomic E-state index is 0.0432. The molecule has 2 N–H and O–H groups in total. The van der Waals surface area contributed by atoms with Gasteiger partial charge in [0.15, 0.2) is 0 Å². The monoisotopic (exact) mass is 230 g/mol. The molecule has 0 aromatic carbocycles. The Morgan fingerprint density at radius 2 is 2.00 bits per heavy atom. The third-order valence-electron chi connectivity index (χ3n) is 2.39. The van der Waals surface area contributed by atoms with Crippen LogP contribution in [0, 0.1) is 0 Å². The Morgan fingerprint density at radius 3 is 2.50 bits per heavy atom. The first-order chi connectivity index (χ1) is 7.41. The Morgan fingerprint density at radius 1 is 1.38 bits per heavy atom. The summed E-state index contributed by atoms with van der Waals surface area (Å²) in [6, 6.07) is 0.245. The Bertz CT molecular complexity index is 205. The van der Waals surface area contributed by atoms with Crippen LogP contribution < -0.4 is 10.6 Å². The number of hydrogen-bond donors (Lipinski definition) is 2. The highest BCUT2D eigenvalue weighted by Crippen LogP contribution is 2.06. The van der Waals surface area contributed by atoms with E-state index in [0.717, 1.165) is 6.42 Å². The van der Waals surface area contributed by atoms with Crippen molar-refractivity contribution in [2.45, 2.75) is 52.7 Å². The molecule has 0 spiro atoms. The van der Waals surface area contributed by atoms with Crippen molar-refractivity contribution in [3.63, 3.8) is 0 Å². The maximum atomic E-state index is 11.4. The van der Waals surface area contributed by atoms with Crippen LogP contribution in [0.25, 0.3) is 0 Å². The molecule has 16 heavy (non-hydrogen) atoms. The lowest BCUT2D eigenvalue weighted by Crippen LogP contribution is -2.44. The summed E-state index contributed by atoms with van der Waals surface area (Å²) < 4.78 is 5.52. The molecular weight excluding hydrogens is 204 g/mol. The van der Waals surface area contributed by atoms with E-state index < -0.39 is 0 Å². The largest absolute Gasteiger partial charge is 0.375 e. The smallest absolute Gasteiger partial charge is 0.234 e. The van der Waals surface area contributed by atoms with Crippen molar-refractivity contribution in [1.82, 2.24) is 10.6 Å². The van der Waals surface area contributed by atoms with Gasteiger partial charge in [0, 0.05) is 19.2 Å². The van der Waals surface area contributed by atoms with Gasteiger partial charge >= 0.3 is 0 Å². The van der Waals surface area contributed by atoms with Crippen LogP contribution in [0.15, 0.2) is 0 Å². The van der Waals surface area contributed by atoms with Crippen molar-refractivity contribution in [3.8, 4) is 0 Å². The second kappa shape index (κ2) is 7.63. The number of hydrogen-bond acceptors (Lipinski definition) is 3. The predicted octanol–water partition coefficient (Wildman–Crippen LogP) is 1.31. The summed E-state index contributed by atoms with van der Waals surface area (Å²) >= 11 is 0. The number of carbonyl (C=O) groups is 1. The van der Waals surface area contributed by atoms with Crippen LogP contribution in [-0.4, -0.2) is 37.2 Å². The molecule has 0 saturated carbocycles. The average molecular weight is 230 g/mol. The van der Waals surface area contributed by atoms with E-state index >= 15 is 0 Å². The fraction of sp³-hybridized carbons (Fsp3) is 0.917. The first kappa shape index (κ1) is 15.4. The van der Waals surface area contributed by atoms with Gasteiger partial charge in [0.1, 0.15) is 0 Å². The minimum Gasteiger partial charge on any atom is -0.375 e. The van der Waals surface area contributed by atoms with Gasteiger partial charge in [0.2, 0.25) is 5.91 Å². The van der Waals surface area contributed by atoms with E-state index in [4.69, 9.17) is 4.74 Å². The van der Waals surface area contributed by atoms with Crippen LogP contribution in [0.4, 0.5) is 0 Å². The second-order valence-electron chi connectivity index (χ2n) is 4.67. The third-order valence-corrected chi connectivity index (χ3v) is 2.39. The molecular formula is C12H26N2O2. The van der Waals surface area contributed by atoms with Crippen molar-refractivity contribution in [3.05, 3.63) is 0 Å². The summed E-state index contributed by atoms with van der Waals surface area (Å²) in [5, 5.41) is 6.01. The quantitative estimate of drug-likeness (QED) is 0.661. The zero-order valence-corrected chi connectivity index (χ0v) is 11.2. The normalized spacial score (nSPS) is 13.6. The predicted molar refractivity (Wildman–Crippen MR) is 66.5 cm³/mol. The fourth-order valence-electron chi connectivity index (χ4n) is 1.35. The summed E-state index contributed by atoms with van der Waals surface area (Å²) in [6.07, 6.45) is 0.955. The molecule has 1 amide bonds. The third kappa shape index (κ3) is 7.65. The van der Waals surface area contributed by atoms with Gasteiger partial charge < -0.3 is 15.4 Å². The molecule has 0 bridgehead atoms. The van der Waals surface area contributed by atoms with E-state index in [9.17, 15) is 4.79 Å². The molecule has 0 aliphatic carbocycles. The van der Waals surface area contributed by atoms with Gasteiger partial charge in [0.05, 0.1) is 12.1 Å². The van der Waals surface area contributed by atoms with Crippen molar-refractivity contribution in [2.24, 2.45) is 0 Å². The molecule has 0 aliphatic rings. The Hall–Kier alpha value is -0.610. The van der Waals surface area contributed by atoms with E-state index in [0.29, 0.717) is 19.7 Å². The summed E-state index contributed by atoms with van der Waals surface area (Å²) in [5.74, 6) is 0.0432. The van der Waals surface area contributed by atoms with Crippen LogP contribution >= 0.6 is 0 Å². The molecule has 0 aliphatic heterocycles. The van der Waals surface area contributed by atoms with Crippen LogP contribution in [0.5, 0.6) is 0 Å². The molecule has 0 aromatic heterocycles. The lowest BCUT2D eigenvalue weighted by atomic mass is 10.1. The molecule has 4 heteroatoms. The van der Waals surface area contributed by atoms with E-state index in [-0.39, 0.29) is 17.6 Å². The maximum absolute atomic E-state index is 11.4. The molecule has 0 saturated heterocycles. The highest BCUT2D eigenvalue weighted by Gasteiger charge is 2.17. The van der Waals surface area contributed by atoms with E-state index in [1.165, 1.54) is 0 Å². The first-order valence-corrected chi connectivity index (χ1v) is 6.05. The molecule has 1 unspecified atom stereocenters. The number of carbonyl (C=O) groups excluding carboxylic acids is 1. The van der Waals surface area contributed by atoms with Crippen molar-refractivity contribution in [2.75, 3.05) is 19.7 Å². The van der Waals surface area contributed by atoms with Gasteiger partial charge in [-0.1, -0.05) is 6.92 Å². The SMILES string of the molecule is CCOC(C)(C)CNCC(=O)NC(C)CC. The number of amides is 1. The number of rotatable bonds is 8. The van der Waals surface area contributed by atoms with Gasteiger partial charge in [-0.05, 0) is 34.1 Å². The Balaban J connectivity index is 3.69. The van der Waals surface area contributed by atoms with Crippen LogP contribution in [-0.2, 0) is 9.53 Å². The lowest BCUT2D eigenvalue weighted by molar-refractivity contribution is -0.121. The summed E-state index contributed by atoms with van der Waals surface area (Å²) in [7, 11) is 0. The molecule has 0 aromatic rings. The van der Waals surface area contributed by atoms with Gasteiger partial charge in [-0.2, -0.15) is 0 Å². The molecule has 0 fully saturated rings. The van der Waals surface area contributed by atoms with Gasteiger partial charge in [-0.15, -0.1) is 0 Å². The number of nitrogens with one attached hydrogen (secondary N) is 2. The molecule has 0 heterocycles. The fourth-order valence-corrected chi connectivity index (χ4v) is 1.35. The highest BCUT2D eigenvalue weighted by molar-refractivity contribution is 5.78. The molecule has 96 valence electrons. The zero-order chi connectivity index (χ0) is 12.6. The minimum atomic E-state index is -0.217. The summed E-state index contributed by atoms with van der Waals surface area (Å²) in [5.41, 5.74) is -0.217. The van der Waals surface area contributed by atoms with Gasteiger partial charge in [-0.25, -0.2) is 0 Å². The maximum Gasteiger partial charge on any atom is 0.234 e. The van der Waals surface area contributed by atoms with Crippen molar-refractivity contribution in [1.29, 1.82) is 0 Å². The van der Waals surface area contributed by atoms with E-state index in [1.807, 2.05) is 27.7 Å². The van der Waals surface area contributed by atoms with E-state index in [1.54, 1.807) is 0 Å². The van der Waals surface area contributed by atoms with Crippen LogP contribution in [0.1, 0.15) is 41.0 Å². The van der Waals surface area contributed by atoms with E-state index in [2.05, 4.69) is 17.6 Å². The number of ether oxygens (including phenoxy) is 1. The molecule has 4 nitrogen and oxygen atoms in total. The second-order valence-corrected chi connectivity index (χ2v) is 4.67. The standard InChI is InChI=1S/C12H26N2O2/c1-6-10(3)14-11(15)8-13-9-12(4,5)16-7-2/h10,13H,6-9H2,1-5H3,(H,14,15). The zero-order valence-electron chi connectivity index (χ0n) is 11.2. The van der Waals surface area contributed by atoms with Gasteiger partial charge in [-0.3, -0.25) is 4.79 Å². The van der Waals surface area contributed by atoms with Crippen LogP contribution in [0.3, 0.4) is 0 Å². The van der Waals surface area contributed by atoms with Gasteiger partial charge in [0.25, 0.3) is 0 Å². The van der Waals surface area contributed by atoms with Crippen molar-refractivity contribution < 1.29 is 9.53 Å². The molecule has 1 atom stereocenters. The topological polar surface area (TPSA) is 50.4 Å². The Kier molecular flexibility index (Phi) is 7.34. The Labute approximate surface area is 99.1 Å². The summed E-state index contributed by atoms with van der Waals surface area (Å²) in [4.78, 5) is 11.4. The highest BCUT2D eigenvalue weighted by atomic mass is 16.5. The van der Waals surface area contributed by atoms with Crippen LogP contribution in [0.2, 0.25) is 0 Å². The lowest BCUT2D eigenvalue weighted by Gasteiger charge is -2.25. The first-order valence-electron chi connectivity index (χ1n) is 6.05. The average Bonchev–Trinajstić information content (AvgIpc) is 2.16. The molecule has 0 rings (SSSR count). The summed E-state index contributed by atoms with van der Waals surface area (Å²) in [6.45, 7) is 11.8. The van der Waals surface area contributed by atoms with Crippen molar-refractivity contribution >= 4 is 5.91 Å².